The highest BCUT2D eigenvalue weighted by atomic mass is 19.1. The lowest BCUT2D eigenvalue weighted by Gasteiger charge is -2.20. The first-order chi connectivity index (χ1) is 9.10. The van der Waals surface area contributed by atoms with Gasteiger partial charge < -0.3 is 9.84 Å². The van der Waals surface area contributed by atoms with E-state index in [4.69, 9.17) is 9.84 Å². The Balaban J connectivity index is 3.04. The number of carbonyl (C=O) groups is 2. The van der Waals surface area contributed by atoms with Crippen LogP contribution in [0, 0.1) is 5.82 Å². The van der Waals surface area contributed by atoms with Gasteiger partial charge in [0.05, 0.1) is 11.3 Å². The highest BCUT2D eigenvalue weighted by Crippen LogP contribution is 2.25. The van der Waals surface area contributed by atoms with E-state index in [1.54, 1.807) is 20.8 Å². The van der Waals surface area contributed by atoms with Crippen LogP contribution in [0.25, 0.3) is 5.57 Å². The molecule has 0 fully saturated rings. The maximum Gasteiger partial charge on any atom is 0.412 e. The number of halogens is 1. The Labute approximate surface area is 116 Å². The number of carbonyl (C=O) groups excluding carboxylic acids is 1. The molecule has 5 nitrogen and oxygen atoms in total. The minimum atomic E-state index is -1.30. The van der Waals surface area contributed by atoms with Gasteiger partial charge in [-0.1, -0.05) is 6.58 Å². The van der Waals surface area contributed by atoms with E-state index >= 15 is 0 Å². The number of carboxylic acid groups (broad SMARTS) is 1. The van der Waals surface area contributed by atoms with Gasteiger partial charge in [-0.3, -0.25) is 5.32 Å². The predicted molar refractivity (Wildman–Crippen MR) is 72.9 cm³/mol. The highest BCUT2D eigenvalue weighted by molar-refractivity contribution is 6.16. The Hall–Kier alpha value is -2.37. The number of hydrogen-bond donors (Lipinski definition) is 2. The van der Waals surface area contributed by atoms with Gasteiger partial charge in [-0.15, -0.1) is 0 Å². The van der Waals surface area contributed by atoms with Crippen LogP contribution in [0.4, 0.5) is 14.9 Å². The van der Waals surface area contributed by atoms with Crippen LogP contribution >= 0.6 is 0 Å². The van der Waals surface area contributed by atoms with E-state index in [2.05, 4.69) is 11.9 Å². The third kappa shape index (κ3) is 4.38. The van der Waals surface area contributed by atoms with Crippen LogP contribution < -0.4 is 5.32 Å². The third-order valence-electron chi connectivity index (χ3n) is 2.20. The molecule has 0 bridgehead atoms. The lowest BCUT2D eigenvalue weighted by molar-refractivity contribution is -0.130. The summed E-state index contributed by atoms with van der Waals surface area (Å²) in [5, 5.41) is 11.3. The number of rotatable bonds is 3. The highest BCUT2D eigenvalue weighted by Gasteiger charge is 2.19. The van der Waals surface area contributed by atoms with E-state index in [0.717, 1.165) is 12.1 Å². The number of carboxylic acids is 1. The second-order valence-electron chi connectivity index (χ2n) is 5.10. The molecule has 1 rings (SSSR count). The smallest absolute Gasteiger partial charge is 0.412 e. The summed E-state index contributed by atoms with van der Waals surface area (Å²) < 4.78 is 18.2. The van der Waals surface area contributed by atoms with Gasteiger partial charge in [-0.2, -0.15) is 0 Å². The van der Waals surface area contributed by atoms with E-state index in [9.17, 15) is 14.0 Å². The largest absolute Gasteiger partial charge is 0.478 e. The van der Waals surface area contributed by atoms with E-state index in [-0.39, 0.29) is 16.8 Å². The lowest BCUT2D eigenvalue weighted by Crippen LogP contribution is -2.27. The van der Waals surface area contributed by atoms with Crippen LogP contribution in [0.5, 0.6) is 0 Å². The molecule has 0 unspecified atom stereocenters. The number of anilines is 1. The first-order valence-electron chi connectivity index (χ1n) is 5.82. The maximum atomic E-state index is 13.2. The second-order valence-corrected chi connectivity index (χ2v) is 5.10. The summed E-state index contributed by atoms with van der Waals surface area (Å²) in [6.45, 7) is 8.42. The molecule has 0 aliphatic carbocycles. The first-order valence-corrected chi connectivity index (χ1v) is 5.82. The summed E-state index contributed by atoms with van der Waals surface area (Å²) in [6, 6.07) is 3.34. The van der Waals surface area contributed by atoms with Crippen molar-refractivity contribution in [3.8, 4) is 0 Å². The molecule has 1 aromatic carbocycles. The van der Waals surface area contributed by atoms with Gasteiger partial charge in [0.25, 0.3) is 0 Å². The summed E-state index contributed by atoms with van der Waals surface area (Å²) in [6.07, 6.45) is -0.761. The van der Waals surface area contributed by atoms with Gasteiger partial charge in [0.2, 0.25) is 0 Å². The number of aliphatic carboxylic acids is 1. The Morgan fingerprint density at radius 2 is 1.95 bits per heavy atom. The molecule has 0 aliphatic rings. The molecular weight excluding hydrogens is 265 g/mol. The van der Waals surface area contributed by atoms with Gasteiger partial charge in [0.15, 0.2) is 0 Å². The molecular formula is C14H16FNO4. The Morgan fingerprint density at radius 1 is 1.35 bits per heavy atom. The van der Waals surface area contributed by atoms with Crippen molar-refractivity contribution in [1.29, 1.82) is 0 Å². The molecule has 0 spiro atoms. The van der Waals surface area contributed by atoms with Crippen molar-refractivity contribution >= 4 is 23.3 Å². The minimum Gasteiger partial charge on any atom is -0.478 e. The summed E-state index contributed by atoms with van der Waals surface area (Å²) >= 11 is 0. The maximum absolute atomic E-state index is 13.2. The number of amides is 1. The average Bonchev–Trinajstić information content (AvgIpc) is 2.27. The summed E-state index contributed by atoms with van der Waals surface area (Å²) in [5.41, 5.74) is -0.916. The summed E-state index contributed by atoms with van der Waals surface area (Å²) in [4.78, 5) is 22.6. The molecule has 0 atom stereocenters. The molecule has 0 aromatic heterocycles. The van der Waals surface area contributed by atoms with Crippen LogP contribution in [-0.4, -0.2) is 22.8 Å². The fourth-order valence-corrected chi connectivity index (χ4v) is 1.40. The van der Waals surface area contributed by atoms with E-state index in [1.165, 1.54) is 6.07 Å². The van der Waals surface area contributed by atoms with Crippen LogP contribution in [0.15, 0.2) is 24.8 Å². The van der Waals surface area contributed by atoms with Crippen LogP contribution in [0.1, 0.15) is 26.3 Å². The van der Waals surface area contributed by atoms with Gasteiger partial charge in [-0.25, -0.2) is 14.0 Å². The topological polar surface area (TPSA) is 75.6 Å². The van der Waals surface area contributed by atoms with Crippen molar-refractivity contribution < 1.29 is 23.8 Å². The Morgan fingerprint density at radius 3 is 2.45 bits per heavy atom. The van der Waals surface area contributed by atoms with Gasteiger partial charge in [0.1, 0.15) is 11.4 Å². The fourth-order valence-electron chi connectivity index (χ4n) is 1.40. The number of hydrogen-bond acceptors (Lipinski definition) is 3. The van der Waals surface area contributed by atoms with Crippen molar-refractivity contribution in [3.05, 3.63) is 36.2 Å². The van der Waals surface area contributed by atoms with Crippen molar-refractivity contribution in [2.75, 3.05) is 5.32 Å². The van der Waals surface area contributed by atoms with Crippen LogP contribution in [0.2, 0.25) is 0 Å². The number of benzene rings is 1. The molecule has 0 radical (unpaired) electrons. The first kappa shape index (κ1) is 15.7. The second kappa shape index (κ2) is 5.73. The zero-order valence-electron chi connectivity index (χ0n) is 11.5. The summed E-state index contributed by atoms with van der Waals surface area (Å²) in [5.74, 6) is -1.93. The van der Waals surface area contributed by atoms with Crippen molar-refractivity contribution in [2.45, 2.75) is 26.4 Å². The monoisotopic (exact) mass is 281 g/mol. The Kier molecular flexibility index (Phi) is 4.49. The van der Waals surface area contributed by atoms with E-state index in [1.807, 2.05) is 0 Å². The predicted octanol–water partition coefficient (Wildman–Crippen LogP) is 3.27. The fraction of sp³-hybridized carbons (Fsp3) is 0.286. The number of ether oxygens (including phenoxy) is 1. The van der Waals surface area contributed by atoms with Crippen molar-refractivity contribution in [2.24, 2.45) is 0 Å². The summed E-state index contributed by atoms with van der Waals surface area (Å²) in [7, 11) is 0. The number of nitrogens with one attached hydrogen (secondary N) is 1. The molecule has 108 valence electrons. The SMILES string of the molecule is C=C(C(=O)O)c1cc(F)ccc1NC(=O)OC(C)(C)C. The van der Waals surface area contributed by atoms with Crippen LogP contribution in [0.3, 0.4) is 0 Å². The quantitative estimate of drug-likeness (QED) is 0.834. The standard InChI is InChI=1S/C14H16FNO4/c1-8(12(17)18)10-7-9(15)5-6-11(10)16-13(19)20-14(2,3)4/h5-7H,1H2,2-4H3,(H,16,19)(H,17,18). The Bertz CT molecular complexity index is 561. The molecule has 0 saturated carbocycles. The molecule has 20 heavy (non-hydrogen) atoms. The zero-order chi connectivity index (χ0) is 15.5. The van der Waals surface area contributed by atoms with Crippen LogP contribution in [-0.2, 0) is 9.53 Å². The minimum absolute atomic E-state index is 0.0108. The van der Waals surface area contributed by atoms with Crippen molar-refractivity contribution in [3.63, 3.8) is 0 Å². The van der Waals surface area contributed by atoms with E-state index in [0.29, 0.717) is 0 Å². The molecule has 1 amide bonds. The van der Waals surface area contributed by atoms with E-state index < -0.39 is 23.5 Å². The molecule has 1 aromatic rings. The third-order valence-corrected chi connectivity index (χ3v) is 2.20. The molecule has 6 heteroatoms. The lowest BCUT2D eigenvalue weighted by atomic mass is 10.1. The molecule has 0 aliphatic heterocycles. The van der Waals surface area contributed by atoms with Gasteiger partial charge >= 0.3 is 12.1 Å². The average molecular weight is 281 g/mol. The zero-order valence-corrected chi connectivity index (χ0v) is 11.5. The molecule has 0 heterocycles. The molecule has 2 N–H and O–H groups in total. The van der Waals surface area contributed by atoms with Gasteiger partial charge in [0, 0.05) is 5.56 Å². The van der Waals surface area contributed by atoms with Gasteiger partial charge in [-0.05, 0) is 39.0 Å². The normalized spacial score (nSPS) is 10.8. The molecule has 0 saturated heterocycles. The van der Waals surface area contributed by atoms with Crippen molar-refractivity contribution in [1.82, 2.24) is 0 Å².